The highest BCUT2D eigenvalue weighted by molar-refractivity contribution is 5.95. The quantitative estimate of drug-likeness (QED) is 0.811. The molecule has 3 N–H and O–H groups in total. The van der Waals surface area contributed by atoms with E-state index in [-0.39, 0.29) is 17.9 Å². The van der Waals surface area contributed by atoms with Gasteiger partial charge < -0.3 is 15.8 Å². The van der Waals surface area contributed by atoms with Gasteiger partial charge in [-0.15, -0.1) is 0 Å². The lowest BCUT2D eigenvalue weighted by atomic mass is 10.0. The van der Waals surface area contributed by atoms with E-state index in [0.717, 1.165) is 5.56 Å². The standard InChI is InChI=1S/C14H20N2O3/c1-8-7-11(14(18)19-4)5-6-12(8)16-13(17)9(2)10(3)15/h5-7,9-10H,15H2,1-4H3,(H,16,17). The van der Waals surface area contributed by atoms with Gasteiger partial charge in [-0.05, 0) is 37.6 Å². The van der Waals surface area contributed by atoms with E-state index in [1.54, 1.807) is 32.0 Å². The fourth-order valence-corrected chi connectivity index (χ4v) is 1.53. The number of anilines is 1. The first-order valence-corrected chi connectivity index (χ1v) is 6.12. The molecule has 0 saturated carbocycles. The zero-order valence-electron chi connectivity index (χ0n) is 11.7. The van der Waals surface area contributed by atoms with Gasteiger partial charge in [0, 0.05) is 11.7 Å². The average molecular weight is 264 g/mol. The van der Waals surface area contributed by atoms with Crippen LogP contribution < -0.4 is 11.1 Å². The minimum absolute atomic E-state index is 0.135. The van der Waals surface area contributed by atoms with Crippen LogP contribution in [0.1, 0.15) is 29.8 Å². The van der Waals surface area contributed by atoms with Crippen molar-refractivity contribution in [2.45, 2.75) is 26.8 Å². The molecule has 0 heterocycles. The van der Waals surface area contributed by atoms with E-state index in [0.29, 0.717) is 11.3 Å². The molecule has 1 amide bonds. The van der Waals surface area contributed by atoms with Crippen molar-refractivity contribution in [3.63, 3.8) is 0 Å². The highest BCUT2D eigenvalue weighted by Gasteiger charge is 2.18. The molecule has 1 aromatic rings. The molecule has 0 bridgehead atoms. The summed E-state index contributed by atoms with van der Waals surface area (Å²) in [4.78, 5) is 23.3. The number of amides is 1. The van der Waals surface area contributed by atoms with Crippen LogP contribution in [0.2, 0.25) is 0 Å². The van der Waals surface area contributed by atoms with Crippen LogP contribution in [0.3, 0.4) is 0 Å². The number of methoxy groups -OCH3 is 1. The van der Waals surface area contributed by atoms with Gasteiger partial charge in [0.2, 0.25) is 5.91 Å². The van der Waals surface area contributed by atoms with Gasteiger partial charge in [0.15, 0.2) is 0 Å². The van der Waals surface area contributed by atoms with Crippen molar-refractivity contribution in [2.75, 3.05) is 12.4 Å². The van der Waals surface area contributed by atoms with Crippen molar-refractivity contribution in [2.24, 2.45) is 11.7 Å². The Balaban J connectivity index is 2.86. The van der Waals surface area contributed by atoms with Crippen LogP contribution in [-0.2, 0) is 9.53 Å². The maximum absolute atomic E-state index is 11.9. The van der Waals surface area contributed by atoms with E-state index >= 15 is 0 Å². The lowest BCUT2D eigenvalue weighted by Crippen LogP contribution is -2.34. The molecule has 2 unspecified atom stereocenters. The first-order chi connectivity index (χ1) is 8.86. The Kier molecular flexibility index (Phi) is 5.06. The molecule has 0 radical (unpaired) electrons. The maximum Gasteiger partial charge on any atom is 0.337 e. The number of rotatable bonds is 4. The first-order valence-electron chi connectivity index (χ1n) is 6.12. The zero-order chi connectivity index (χ0) is 14.6. The largest absolute Gasteiger partial charge is 0.465 e. The Hall–Kier alpha value is -1.88. The summed E-state index contributed by atoms with van der Waals surface area (Å²) in [5.41, 5.74) is 7.62. The molecule has 5 heteroatoms. The van der Waals surface area contributed by atoms with Gasteiger partial charge in [-0.25, -0.2) is 4.79 Å². The molecule has 19 heavy (non-hydrogen) atoms. The highest BCUT2D eigenvalue weighted by atomic mass is 16.5. The predicted molar refractivity (Wildman–Crippen MR) is 74.0 cm³/mol. The number of benzene rings is 1. The molecule has 0 aliphatic heterocycles. The lowest BCUT2D eigenvalue weighted by molar-refractivity contribution is -0.119. The van der Waals surface area contributed by atoms with E-state index in [4.69, 9.17) is 5.73 Å². The summed E-state index contributed by atoms with van der Waals surface area (Å²) in [6.07, 6.45) is 0. The van der Waals surface area contributed by atoms with Crippen LogP contribution in [0.5, 0.6) is 0 Å². The van der Waals surface area contributed by atoms with Crippen LogP contribution in [0.25, 0.3) is 0 Å². The van der Waals surface area contributed by atoms with E-state index < -0.39 is 5.97 Å². The number of nitrogens with two attached hydrogens (primary N) is 1. The van der Waals surface area contributed by atoms with Crippen molar-refractivity contribution in [1.82, 2.24) is 0 Å². The maximum atomic E-state index is 11.9. The normalized spacial score (nSPS) is 13.5. The molecule has 0 aromatic heterocycles. The van der Waals surface area contributed by atoms with Gasteiger partial charge in [-0.3, -0.25) is 4.79 Å². The van der Waals surface area contributed by atoms with Gasteiger partial charge in [0.25, 0.3) is 0 Å². The average Bonchev–Trinajstić information content (AvgIpc) is 2.38. The molecule has 0 aliphatic carbocycles. The molecule has 1 aromatic carbocycles. The van der Waals surface area contributed by atoms with E-state index in [1.165, 1.54) is 7.11 Å². The van der Waals surface area contributed by atoms with Crippen LogP contribution in [0, 0.1) is 12.8 Å². The second-order valence-electron chi connectivity index (χ2n) is 4.66. The molecule has 0 fully saturated rings. The third-order valence-corrected chi connectivity index (χ3v) is 3.11. The molecule has 0 aliphatic rings. The topological polar surface area (TPSA) is 81.4 Å². The summed E-state index contributed by atoms with van der Waals surface area (Å²) in [7, 11) is 1.33. The molecule has 0 saturated heterocycles. The summed E-state index contributed by atoms with van der Waals surface area (Å²) in [5, 5.41) is 2.80. The first kappa shape index (κ1) is 15.2. The Morgan fingerprint density at radius 3 is 2.42 bits per heavy atom. The monoisotopic (exact) mass is 264 g/mol. The molecule has 5 nitrogen and oxygen atoms in total. The predicted octanol–water partition coefficient (Wildman–Crippen LogP) is 1.70. The van der Waals surface area contributed by atoms with Crippen molar-refractivity contribution >= 4 is 17.6 Å². The van der Waals surface area contributed by atoms with Crippen LogP contribution in [-0.4, -0.2) is 25.0 Å². The summed E-state index contributed by atoms with van der Waals surface area (Å²) in [6.45, 7) is 5.38. The second-order valence-corrected chi connectivity index (χ2v) is 4.66. The van der Waals surface area contributed by atoms with Gasteiger partial charge >= 0.3 is 5.97 Å². The Morgan fingerprint density at radius 1 is 1.32 bits per heavy atom. The van der Waals surface area contributed by atoms with Gasteiger partial charge in [-0.2, -0.15) is 0 Å². The smallest absolute Gasteiger partial charge is 0.337 e. The summed E-state index contributed by atoms with van der Waals surface area (Å²) >= 11 is 0. The number of hydrogen-bond acceptors (Lipinski definition) is 4. The second kappa shape index (κ2) is 6.33. The number of carbonyl (C=O) groups is 2. The van der Waals surface area contributed by atoms with Crippen molar-refractivity contribution < 1.29 is 14.3 Å². The lowest BCUT2D eigenvalue weighted by Gasteiger charge is -2.16. The number of esters is 1. The Labute approximate surface area is 113 Å². The van der Waals surface area contributed by atoms with Crippen molar-refractivity contribution in [3.8, 4) is 0 Å². The molecule has 2 atom stereocenters. The Morgan fingerprint density at radius 2 is 1.95 bits per heavy atom. The van der Waals surface area contributed by atoms with E-state index in [2.05, 4.69) is 10.1 Å². The summed E-state index contributed by atoms with van der Waals surface area (Å²) < 4.78 is 4.64. The number of hydrogen-bond donors (Lipinski definition) is 2. The van der Waals surface area contributed by atoms with Crippen LogP contribution in [0.15, 0.2) is 18.2 Å². The van der Waals surface area contributed by atoms with Crippen molar-refractivity contribution in [1.29, 1.82) is 0 Å². The van der Waals surface area contributed by atoms with Gasteiger partial charge in [-0.1, -0.05) is 6.92 Å². The van der Waals surface area contributed by atoms with Crippen molar-refractivity contribution in [3.05, 3.63) is 29.3 Å². The molecular formula is C14H20N2O3. The fraction of sp³-hybridized carbons (Fsp3) is 0.429. The zero-order valence-corrected chi connectivity index (χ0v) is 11.7. The van der Waals surface area contributed by atoms with Gasteiger partial charge in [0.05, 0.1) is 18.6 Å². The fourth-order valence-electron chi connectivity index (χ4n) is 1.53. The summed E-state index contributed by atoms with van der Waals surface area (Å²) in [5.74, 6) is -0.812. The number of aryl methyl sites for hydroxylation is 1. The molecule has 0 spiro atoms. The minimum Gasteiger partial charge on any atom is -0.465 e. The van der Waals surface area contributed by atoms with E-state index in [1.807, 2.05) is 6.92 Å². The number of nitrogens with one attached hydrogen (secondary N) is 1. The SMILES string of the molecule is COC(=O)c1ccc(NC(=O)C(C)C(C)N)c(C)c1. The molecule has 1 rings (SSSR count). The van der Waals surface area contributed by atoms with Crippen LogP contribution >= 0.6 is 0 Å². The molecule has 104 valence electrons. The number of carbonyl (C=O) groups excluding carboxylic acids is 2. The third kappa shape index (κ3) is 3.79. The third-order valence-electron chi connectivity index (χ3n) is 3.11. The Bertz CT molecular complexity index is 484. The summed E-state index contributed by atoms with van der Waals surface area (Å²) in [6, 6.07) is 4.77. The number of ether oxygens (including phenoxy) is 1. The minimum atomic E-state index is -0.398. The van der Waals surface area contributed by atoms with Crippen LogP contribution in [0.4, 0.5) is 5.69 Å². The molecular weight excluding hydrogens is 244 g/mol. The van der Waals surface area contributed by atoms with E-state index in [9.17, 15) is 9.59 Å². The van der Waals surface area contributed by atoms with Gasteiger partial charge in [0.1, 0.15) is 0 Å². The highest BCUT2D eigenvalue weighted by Crippen LogP contribution is 2.18.